The normalized spacial score (nSPS) is 18.1. The van der Waals surface area contributed by atoms with E-state index in [4.69, 9.17) is 16.3 Å². The lowest BCUT2D eigenvalue weighted by atomic mass is 9.53. The minimum atomic E-state index is -0.911. The molecule has 3 aliphatic heterocycles. The van der Waals surface area contributed by atoms with Crippen LogP contribution in [0.4, 0.5) is 5.69 Å². The first-order valence-electron chi connectivity index (χ1n) is 20.2. The van der Waals surface area contributed by atoms with Gasteiger partial charge in [0.25, 0.3) is 0 Å². The quantitative estimate of drug-likeness (QED) is 0.117. The fraction of sp³-hybridized carbons (Fsp3) is 0.333. The standard InChI is InChI=1S/C48H51ClN4O3/c49-40-24-25-42-41(35-40)48(44(36-15-5-1-6-16-36)37-17-7-2-8-18-37,45(38-19-9-3-10-20-38)39-21-11-4-12-22-39)46(53(42)30-29-51-31-33-56-34-32-51)47(55)50-26-14-28-52-27-13-23-43(52)54/h1-12,15-22,24-25,35,44-46H,13-14,23,26-34H2,(H,50,55). The molecule has 5 aromatic carbocycles. The van der Waals surface area contributed by atoms with Gasteiger partial charge >= 0.3 is 0 Å². The number of morpholine rings is 1. The number of benzene rings is 5. The van der Waals surface area contributed by atoms with Crippen molar-refractivity contribution in [3.8, 4) is 0 Å². The number of likely N-dealkylation sites (tertiary alicyclic amines) is 1. The smallest absolute Gasteiger partial charge is 0.243 e. The van der Waals surface area contributed by atoms with Crippen LogP contribution in [0.3, 0.4) is 0 Å². The van der Waals surface area contributed by atoms with Crippen LogP contribution in [0.2, 0.25) is 5.02 Å². The Balaban J connectivity index is 1.38. The van der Waals surface area contributed by atoms with Gasteiger partial charge in [-0.3, -0.25) is 14.5 Å². The summed E-state index contributed by atoms with van der Waals surface area (Å²) in [5, 5.41) is 4.10. The monoisotopic (exact) mass is 766 g/mol. The van der Waals surface area contributed by atoms with Crippen LogP contribution in [0.15, 0.2) is 140 Å². The fourth-order valence-electron chi connectivity index (χ4n) is 9.71. The van der Waals surface area contributed by atoms with Gasteiger partial charge in [0.1, 0.15) is 6.04 Å². The largest absolute Gasteiger partial charge is 0.379 e. The summed E-state index contributed by atoms with van der Waals surface area (Å²) in [4.78, 5) is 35.0. The van der Waals surface area contributed by atoms with Gasteiger partial charge in [-0.1, -0.05) is 133 Å². The molecular formula is C48H51ClN4O3. The third-order valence-electron chi connectivity index (χ3n) is 12.1. The number of nitrogens with one attached hydrogen (secondary N) is 1. The van der Waals surface area contributed by atoms with Crippen LogP contribution in [-0.2, 0) is 19.7 Å². The average Bonchev–Trinajstić information content (AvgIpc) is 3.78. The summed E-state index contributed by atoms with van der Waals surface area (Å²) in [6.07, 6.45) is 2.19. The van der Waals surface area contributed by atoms with E-state index in [0.29, 0.717) is 50.7 Å². The van der Waals surface area contributed by atoms with Crippen LogP contribution in [0, 0.1) is 0 Å². The van der Waals surface area contributed by atoms with Crippen LogP contribution < -0.4 is 10.2 Å². The Kier molecular flexibility index (Phi) is 11.8. The van der Waals surface area contributed by atoms with Crippen LogP contribution in [0.25, 0.3) is 0 Å². The second-order valence-corrected chi connectivity index (χ2v) is 15.7. The van der Waals surface area contributed by atoms with Gasteiger partial charge in [0.15, 0.2) is 0 Å². The summed E-state index contributed by atoms with van der Waals surface area (Å²) in [7, 11) is 0. The molecule has 288 valence electrons. The van der Waals surface area contributed by atoms with E-state index >= 15 is 4.79 Å². The van der Waals surface area contributed by atoms with Crippen molar-refractivity contribution in [2.45, 2.75) is 42.6 Å². The average molecular weight is 767 g/mol. The van der Waals surface area contributed by atoms with Gasteiger partial charge in [-0.2, -0.15) is 0 Å². The number of halogens is 1. The molecule has 2 amide bonds. The van der Waals surface area contributed by atoms with Crippen molar-refractivity contribution >= 4 is 29.1 Å². The Morgan fingerprint density at radius 2 is 1.25 bits per heavy atom. The summed E-state index contributed by atoms with van der Waals surface area (Å²) < 4.78 is 5.73. The summed E-state index contributed by atoms with van der Waals surface area (Å²) in [5.41, 5.74) is 5.68. The lowest BCUT2D eigenvalue weighted by Gasteiger charge is -2.50. The Morgan fingerprint density at radius 3 is 1.75 bits per heavy atom. The van der Waals surface area contributed by atoms with Crippen LogP contribution >= 0.6 is 11.6 Å². The Bertz CT molecular complexity index is 1900. The molecule has 0 aromatic heterocycles. The SMILES string of the molecule is O=C(NCCCN1CCCC1=O)C1N(CCN2CCOCC2)c2ccc(Cl)cc2C1(C(c1ccccc1)c1ccccc1)C(c1ccccc1)c1ccccc1. The molecule has 8 heteroatoms. The molecule has 3 heterocycles. The molecule has 1 N–H and O–H groups in total. The van der Waals surface area contributed by atoms with Crippen LogP contribution in [0.5, 0.6) is 0 Å². The maximum Gasteiger partial charge on any atom is 0.243 e. The molecule has 0 saturated carbocycles. The maximum absolute atomic E-state index is 15.8. The van der Waals surface area contributed by atoms with E-state index in [1.54, 1.807) is 0 Å². The van der Waals surface area contributed by atoms with Gasteiger partial charge in [0, 0.05) is 80.2 Å². The van der Waals surface area contributed by atoms with Gasteiger partial charge in [0.2, 0.25) is 11.8 Å². The number of ether oxygens (including phenoxy) is 1. The number of rotatable bonds is 14. The molecule has 7 nitrogen and oxygen atoms in total. The molecule has 0 bridgehead atoms. The summed E-state index contributed by atoms with van der Waals surface area (Å²) in [6.45, 7) is 6.42. The Labute approximate surface area is 336 Å². The van der Waals surface area contributed by atoms with Gasteiger partial charge < -0.3 is 19.9 Å². The lowest BCUT2D eigenvalue weighted by Crippen LogP contribution is -2.60. The van der Waals surface area contributed by atoms with Gasteiger partial charge in [-0.15, -0.1) is 0 Å². The topological polar surface area (TPSA) is 65.1 Å². The second-order valence-electron chi connectivity index (χ2n) is 15.3. The zero-order valence-electron chi connectivity index (χ0n) is 31.9. The molecular weight excluding hydrogens is 716 g/mol. The lowest BCUT2D eigenvalue weighted by molar-refractivity contribution is -0.127. The van der Waals surface area contributed by atoms with Crippen molar-refractivity contribution in [1.82, 2.24) is 15.1 Å². The molecule has 2 saturated heterocycles. The molecule has 0 radical (unpaired) electrons. The maximum atomic E-state index is 15.8. The van der Waals surface area contributed by atoms with E-state index in [1.165, 1.54) is 0 Å². The van der Waals surface area contributed by atoms with Crippen LogP contribution in [0.1, 0.15) is 58.9 Å². The predicted molar refractivity (Wildman–Crippen MR) is 224 cm³/mol. The van der Waals surface area contributed by atoms with E-state index in [-0.39, 0.29) is 23.7 Å². The number of amides is 2. The van der Waals surface area contributed by atoms with Crippen molar-refractivity contribution in [3.05, 3.63) is 172 Å². The molecule has 2 fully saturated rings. The Hall–Kier alpha value is -4.95. The van der Waals surface area contributed by atoms with Crippen molar-refractivity contribution in [2.75, 3.05) is 63.9 Å². The molecule has 3 aliphatic rings. The summed E-state index contributed by atoms with van der Waals surface area (Å²) in [5.74, 6) is -0.381. The summed E-state index contributed by atoms with van der Waals surface area (Å²) in [6, 6.07) is 48.5. The highest BCUT2D eigenvalue weighted by Crippen LogP contribution is 2.63. The second kappa shape index (κ2) is 17.5. The number of hydrogen-bond acceptors (Lipinski definition) is 5. The van der Waals surface area contributed by atoms with E-state index < -0.39 is 11.5 Å². The first kappa shape index (κ1) is 37.9. The van der Waals surface area contributed by atoms with E-state index in [0.717, 1.165) is 66.1 Å². The molecule has 56 heavy (non-hydrogen) atoms. The van der Waals surface area contributed by atoms with E-state index in [1.807, 2.05) is 11.0 Å². The first-order valence-corrected chi connectivity index (χ1v) is 20.6. The van der Waals surface area contributed by atoms with Crippen LogP contribution in [-0.4, -0.2) is 86.7 Å². The van der Waals surface area contributed by atoms with E-state index in [9.17, 15) is 4.79 Å². The number of carbonyl (C=O) groups excluding carboxylic acids is 2. The van der Waals surface area contributed by atoms with Crippen molar-refractivity contribution in [3.63, 3.8) is 0 Å². The molecule has 8 rings (SSSR count). The molecule has 5 aromatic rings. The number of nitrogens with zero attached hydrogens (tertiary/aromatic N) is 3. The van der Waals surface area contributed by atoms with E-state index in [2.05, 4.69) is 149 Å². The molecule has 1 atom stereocenters. The van der Waals surface area contributed by atoms with Crippen molar-refractivity contribution in [2.24, 2.45) is 0 Å². The highest BCUT2D eigenvalue weighted by molar-refractivity contribution is 6.30. The third kappa shape index (κ3) is 7.60. The predicted octanol–water partition coefficient (Wildman–Crippen LogP) is 7.89. The number of anilines is 1. The fourth-order valence-corrected chi connectivity index (χ4v) is 9.89. The first-order chi connectivity index (χ1) is 27.6. The Morgan fingerprint density at radius 1 is 0.714 bits per heavy atom. The minimum Gasteiger partial charge on any atom is -0.379 e. The zero-order chi connectivity index (χ0) is 38.3. The molecule has 1 unspecified atom stereocenters. The van der Waals surface area contributed by atoms with Gasteiger partial charge in [0.05, 0.1) is 13.2 Å². The van der Waals surface area contributed by atoms with Crippen molar-refractivity contribution < 1.29 is 14.3 Å². The number of carbonyl (C=O) groups is 2. The minimum absolute atomic E-state index is 0.0271. The third-order valence-corrected chi connectivity index (χ3v) is 12.3. The highest BCUT2D eigenvalue weighted by Gasteiger charge is 2.63. The summed E-state index contributed by atoms with van der Waals surface area (Å²) >= 11 is 7.12. The molecule has 0 spiro atoms. The highest BCUT2D eigenvalue weighted by atomic mass is 35.5. The van der Waals surface area contributed by atoms with Gasteiger partial charge in [-0.25, -0.2) is 0 Å². The number of hydrogen-bond donors (Lipinski definition) is 1. The zero-order valence-corrected chi connectivity index (χ0v) is 32.7. The number of fused-ring (bicyclic) bond motifs is 1. The molecule has 0 aliphatic carbocycles. The van der Waals surface area contributed by atoms with Crippen molar-refractivity contribution in [1.29, 1.82) is 0 Å². The van der Waals surface area contributed by atoms with Gasteiger partial charge in [-0.05, 0) is 58.9 Å².